The monoisotopic (exact) mass is 312 g/mol. The zero-order valence-electron chi connectivity index (χ0n) is 11.1. The molecule has 1 aromatic carbocycles. The van der Waals surface area contributed by atoms with E-state index in [2.05, 4.69) is 20.7 Å². The lowest BCUT2D eigenvalue weighted by Crippen LogP contribution is -2.20. The molecule has 0 aliphatic rings. The summed E-state index contributed by atoms with van der Waals surface area (Å²) in [4.78, 5) is 22.4. The first-order valence-corrected chi connectivity index (χ1v) is 6.11. The highest BCUT2D eigenvalue weighted by Gasteiger charge is 2.32. The Morgan fingerprint density at radius 2 is 2.00 bits per heavy atom. The summed E-state index contributed by atoms with van der Waals surface area (Å²) < 4.78 is 38.2. The van der Waals surface area contributed by atoms with Crippen LogP contribution < -0.4 is 11.0 Å². The van der Waals surface area contributed by atoms with E-state index < -0.39 is 17.6 Å². The van der Waals surface area contributed by atoms with Gasteiger partial charge in [-0.25, -0.2) is 5.43 Å². The molecule has 0 saturated heterocycles. The number of nitrogens with one attached hydrogen (secondary N) is 3. The third-order valence-corrected chi connectivity index (χ3v) is 2.66. The number of aromatic nitrogens is 2. The first-order chi connectivity index (χ1) is 10.4. The van der Waals surface area contributed by atoms with Crippen molar-refractivity contribution in [3.8, 4) is 0 Å². The molecular weight excluding hydrogens is 301 g/mol. The number of H-pyrrole nitrogens is 2. The van der Waals surface area contributed by atoms with Crippen molar-refractivity contribution in [3.63, 3.8) is 0 Å². The molecule has 1 amide bonds. The topological polar surface area (TPSA) is 90.1 Å². The highest BCUT2D eigenvalue weighted by Crippen LogP contribution is 2.30. The molecule has 2 aromatic rings. The number of rotatable bonds is 4. The predicted octanol–water partition coefficient (Wildman–Crippen LogP) is 1.41. The number of nitrogens with zero attached hydrogens (tertiary/aromatic N) is 1. The van der Waals surface area contributed by atoms with Crippen molar-refractivity contribution in [1.29, 1.82) is 0 Å². The van der Waals surface area contributed by atoms with Crippen LogP contribution in [-0.2, 0) is 17.4 Å². The van der Waals surface area contributed by atoms with Crippen LogP contribution in [0.15, 0.2) is 40.2 Å². The molecule has 3 N–H and O–H groups in total. The van der Waals surface area contributed by atoms with Crippen LogP contribution in [0.4, 0.5) is 13.2 Å². The molecule has 116 valence electrons. The number of aromatic amines is 2. The van der Waals surface area contributed by atoms with E-state index in [1.165, 1.54) is 24.3 Å². The molecule has 0 aliphatic heterocycles. The second-order valence-corrected chi connectivity index (χ2v) is 4.34. The molecule has 0 radical (unpaired) electrons. The molecule has 0 unspecified atom stereocenters. The average molecular weight is 312 g/mol. The molecule has 0 saturated carbocycles. The lowest BCUT2D eigenvalue weighted by Gasteiger charge is -2.09. The molecule has 1 aromatic heterocycles. The number of carbonyl (C=O) groups is 1. The van der Waals surface area contributed by atoms with Gasteiger partial charge in [0.2, 0.25) is 5.91 Å². The molecule has 6 nitrogen and oxygen atoms in total. The van der Waals surface area contributed by atoms with Crippen LogP contribution in [-0.4, -0.2) is 22.3 Å². The molecule has 9 heteroatoms. The maximum Gasteiger partial charge on any atom is 0.417 e. The van der Waals surface area contributed by atoms with Crippen molar-refractivity contribution < 1.29 is 18.0 Å². The second-order valence-electron chi connectivity index (χ2n) is 4.34. The van der Waals surface area contributed by atoms with Crippen molar-refractivity contribution in [3.05, 3.63) is 57.5 Å². The van der Waals surface area contributed by atoms with Crippen LogP contribution in [0.1, 0.15) is 16.8 Å². The Balaban J connectivity index is 2.01. The standard InChI is InChI=1S/C13H11F3N4O2/c14-13(15,16)10-4-2-1-3-8(10)7-17-19-11(21)5-9-6-12(22)20-18-9/h1-4,6-7H,5H2,(H,19,21)(H2,18,20,22). The molecular formula is C13H11F3N4O2. The second kappa shape index (κ2) is 6.29. The third-order valence-electron chi connectivity index (χ3n) is 2.66. The van der Waals surface area contributed by atoms with Crippen LogP contribution in [0.25, 0.3) is 0 Å². The Kier molecular flexibility index (Phi) is 4.44. The van der Waals surface area contributed by atoms with E-state index in [9.17, 15) is 22.8 Å². The van der Waals surface area contributed by atoms with E-state index in [0.29, 0.717) is 5.69 Å². The van der Waals surface area contributed by atoms with Gasteiger partial charge in [-0.1, -0.05) is 18.2 Å². The van der Waals surface area contributed by atoms with Gasteiger partial charge < -0.3 is 5.10 Å². The quantitative estimate of drug-likeness (QED) is 0.588. The van der Waals surface area contributed by atoms with Crippen LogP contribution in [0.2, 0.25) is 0 Å². The number of halogens is 3. The number of hydrazone groups is 1. The molecule has 0 bridgehead atoms. The molecule has 0 fully saturated rings. The van der Waals surface area contributed by atoms with Gasteiger partial charge in [0, 0.05) is 17.3 Å². The lowest BCUT2D eigenvalue weighted by molar-refractivity contribution is -0.137. The van der Waals surface area contributed by atoms with E-state index >= 15 is 0 Å². The average Bonchev–Trinajstić information content (AvgIpc) is 2.83. The molecule has 2 rings (SSSR count). The maximum atomic E-state index is 12.7. The van der Waals surface area contributed by atoms with Crippen molar-refractivity contribution in [1.82, 2.24) is 15.6 Å². The molecule has 0 atom stereocenters. The van der Waals surface area contributed by atoms with Gasteiger partial charge in [-0.2, -0.15) is 18.3 Å². The number of amides is 1. The minimum Gasteiger partial charge on any atom is -0.302 e. The Hall–Kier alpha value is -2.84. The predicted molar refractivity (Wildman–Crippen MR) is 72.3 cm³/mol. The van der Waals surface area contributed by atoms with Gasteiger partial charge >= 0.3 is 6.18 Å². The highest BCUT2D eigenvalue weighted by atomic mass is 19.4. The fourth-order valence-corrected chi connectivity index (χ4v) is 1.72. The fourth-order valence-electron chi connectivity index (χ4n) is 1.72. The van der Waals surface area contributed by atoms with Gasteiger partial charge in [0.25, 0.3) is 5.56 Å². The Bertz CT molecular complexity index is 746. The largest absolute Gasteiger partial charge is 0.417 e. The Morgan fingerprint density at radius 1 is 1.27 bits per heavy atom. The molecule has 22 heavy (non-hydrogen) atoms. The number of hydrogen-bond acceptors (Lipinski definition) is 3. The summed E-state index contributed by atoms with van der Waals surface area (Å²) in [5.41, 5.74) is 1.05. The molecule has 0 spiro atoms. The first kappa shape index (κ1) is 15.5. The van der Waals surface area contributed by atoms with Crippen molar-refractivity contribution in [2.75, 3.05) is 0 Å². The Labute approximate surface area is 122 Å². The summed E-state index contributed by atoms with van der Waals surface area (Å²) in [7, 11) is 0. The van der Waals surface area contributed by atoms with Crippen LogP contribution in [0.5, 0.6) is 0 Å². The third kappa shape index (κ3) is 4.08. The number of alkyl halides is 3. The minimum atomic E-state index is -4.50. The van der Waals surface area contributed by atoms with Gasteiger partial charge in [-0.05, 0) is 6.07 Å². The van der Waals surface area contributed by atoms with E-state index in [0.717, 1.165) is 12.3 Å². The van der Waals surface area contributed by atoms with E-state index in [-0.39, 0.29) is 17.5 Å². The minimum absolute atomic E-state index is 0.156. The van der Waals surface area contributed by atoms with E-state index in [4.69, 9.17) is 0 Å². The van der Waals surface area contributed by atoms with Gasteiger partial charge in [0.1, 0.15) is 0 Å². The molecule has 1 heterocycles. The highest BCUT2D eigenvalue weighted by molar-refractivity contribution is 5.84. The summed E-state index contributed by atoms with van der Waals surface area (Å²) >= 11 is 0. The zero-order valence-corrected chi connectivity index (χ0v) is 11.1. The fraction of sp³-hybridized carbons (Fsp3) is 0.154. The van der Waals surface area contributed by atoms with Crippen LogP contribution in [0.3, 0.4) is 0 Å². The summed E-state index contributed by atoms with van der Waals surface area (Å²) in [5, 5.41) is 8.22. The normalized spacial score (nSPS) is 11.8. The van der Waals surface area contributed by atoms with E-state index in [1.54, 1.807) is 0 Å². The van der Waals surface area contributed by atoms with Crippen LogP contribution >= 0.6 is 0 Å². The summed E-state index contributed by atoms with van der Waals surface area (Å²) in [6, 6.07) is 6.06. The van der Waals surface area contributed by atoms with Crippen molar-refractivity contribution in [2.45, 2.75) is 12.6 Å². The summed E-state index contributed by atoms with van der Waals surface area (Å²) in [5.74, 6) is -0.573. The van der Waals surface area contributed by atoms with Gasteiger partial charge in [0.05, 0.1) is 18.2 Å². The maximum absolute atomic E-state index is 12.7. The summed E-state index contributed by atoms with van der Waals surface area (Å²) in [6.45, 7) is 0. The summed E-state index contributed by atoms with van der Waals surface area (Å²) in [6.07, 6.45) is -3.74. The van der Waals surface area contributed by atoms with Gasteiger partial charge in [0.15, 0.2) is 0 Å². The SMILES string of the molecule is O=C(Cc1cc(=O)[nH][nH]1)NN=Cc1ccccc1C(F)(F)F. The number of hydrogen-bond donors (Lipinski definition) is 3. The first-order valence-electron chi connectivity index (χ1n) is 6.11. The smallest absolute Gasteiger partial charge is 0.302 e. The van der Waals surface area contributed by atoms with Gasteiger partial charge in [-0.15, -0.1) is 0 Å². The van der Waals surface area contributed by atoms with Crippen LogP contribution in [0, 0.1) is 0 Å². The molecule has 0 aliphatic carbocycles. The number of benzene rings is 1. The lowest BCUT2D eigenvalue weighted by atomic mass is 10.1. The van der Waals surface area contributed by atoms with E-state index in [1.807, 2.05) is 0 Å². The van der Waals surface area contributed by atoms with Gasteiger partial charge in [-0.3, -0.25) is 14.7 Å². The zero-order chi connectivity index (χ0) is 16.2. The number of carbonyl (C=O) groups excluding carboxylic acids is 1. The van der Waals surface area contributed by atoms with Crippen molar-refractivity contribution >= 4 is 12.1 Å². The van der Waals surface area contributed by atoms with Crippen molar-refractivity contribution in [2.24, 2.45) is 5.10 Å². The Morgan fingerprint density at radius 3 is 2.64 bits per heavy atom.